The van der Waals surface area contributed by atoms with E-state index in [0.29, 0.717) is 6.42 Å². The smallest absolute Gasteiger partial charge is 0.266 e. The van der Waals surface area contributed by atoms with Gasteiger partial charge in [-0.05, 0) is 31.4 Å². The Labute approximate surface area is 147 Å². The third-order valence-corrected chi connectivity index (χ3v) is 9.48. The van der Waals surface area contributed by atoms with E-state index in [0.717, 1.165) is 12.0 Å². The normalized spacial score (nSPS) is 25.3. The molecule has 1 aromatic rings. The predicted molar refractivity (Wildman–Crippen MR) is 100 cm³/mol. The molecule has 1 aliphatic rings. The van der Waals surface area contributed by atoms with Crippen LogP contribution in [-0.4, -0.2) is 32.7 Å². The molecule has 1 fully saturated rings. The third kappa shape index (κ3) is 3.18. The molecular formula is C18H29NO3SSi. The molecule has 24 heavy (non-hydrogen) atoms. The van der Waals surface area contributed by atoms with Gasteiger partial charge in [-0.3, -0.25) is 4.79 Å². The maximum absolute atomic E-state index is 13.2. The summed E-state index contributed by atoms with van der Waals surface area (Å²) in [6.45, 7) is 12.4. The van der Waals surface area contributed by atoms with Crippen molar-refractivity contribution < 1.29 is 13.2 Å². The van der Waals surface area contributed by atoms with Crippen LogP contribution in [0, 0.1) is 12.8 Å². The summed E-state index contributed by atoms with van der Waals surface area (Å²) in [7, 11) is -5.61. The van der Waals surface area contributed by atoms with Gasteiger partial charge in [-0.1, -0.05) is 57.6 Å². The molecule has 1 saturated heterocycles. The molecule has 0 aromatic heterocycles. The van der Waals surface area contributed by atoms with Crippen LogP contribution in [0.25, 0.3) is 0 Å². The van der Waals surface area contributed by atoms with E-state index in [9.17, 15) is 13.2 Å². The number of rotatable bonds is 5. The van der Waals surface area contributed by atoms with E-state index < -0.39 is 18.1 Å². The van der Waals surface area contributed by atoms with E-state index in [1.54, 1.807) is 24.3 Å². The van der Waals surface area contributed by atoms with Crippen LogP contribution in [0.15, 0.2) is 29.2 Å². The highest BCUT2D eigenvalue weighted by Crippen LogP contribution is 2.46. The fourth-order valence-electron chi connectivity index (χ4n) is 3.99. The van der Waals surface area contributed by atoms with Gasteiger partial charge in [0, 0.05) is 5.54 Å². The highest BCUT2D eigenvalue weighted by molar-refractivity contribution is 7.89. The van der Waals surface area contributed by atoms with Gasteiger partial charge in [0.1, 0.15) is 0 Å². The van der Waals surface area contributed by atoms with Crippen molar-refractivity contribution in [1.29, 1.82) is 0 Å². The number of sulfonamides is 1. The first-order valence-corrected chi connectivity index (χ1v) is 13.7. The Morgan fingerprint density at radius 2 is 1.58 bits per heavy atom. The first-order chi connectivity index (χ1) is 11.1. The van der Waals surface area contributed by atoms with Crippen molar-refractivity contribution in [2.45, 2.75) is 69.7 Å². The summed E-state index contributed by atoms with van der Waals surface area (Å²) in [5, 5.41) is 0. The lowest BCUT2D eigenvalue weighted by molar-refractivity contribution is -0.124. The molecule has 0 saturated carbocycles. The average molecular weight is 368 g/mol. The van der Waals surface area contributed by atoms with Gasteiger partial charge in [-0.25, -0.2) is 12.7 Å². The molecule has 2 rings (SSSR count). The quantitative estimate of drug-likeness (QED) is 0.738. The van der Waals surface area contributed by atoms with E-state index in [2.05, 4.69) is 26.6 Å². The zero-order valence-corrected chi connectivity index (χ0v) is 17.4. The standard InChI is InChI=1S/C18H29NO3SSi/c1-7-15-16(8-2)19(18(20)17(15)24(4,5)6)23(21,22)14-11-9-13(3)10-12-14/h9-12,15-17H,7-8H2,1-6H3/t15-,16-,17?/m1/s1. The van der Waals surface area contributed by atoms with E-state index in [4.69, 9.17) is 0 Å². The number of aryl methyl sites for hydroxylation is 1. The molecule has 134 valence electrons. The number of carbonyl (C=O) groups is 1. The van der Waals surface area contributed by atoms with Crippen LogP contribution in [0.3, 0.4) is 0 Å². The molecule has 0 radical (unpaired) electrons. The summed E-state index contributed by atoms with van der Waals surface area (Å²) in [6, 6.07) is 6.54. The van der Waals surface area contributed by atoms with Crippen LogP contribution in [0.5, 0.6) is 0 Å². The van der Waals surface area contributed by atoms with Crippen molar-refractivity contribution in [2.75, 3.05) is 0 Å². The number of nitrogens with zero attached hydrogens (tertiary/aromatic N) is 1. The third-order valence-electron chi connectivity index (χ3n) is 5.11. The largest absolute Gasteiger partial charge is 0.274 e. The summed E-state index contributed by atoms with van der Waals surface area (Å²) in [5.74, 6) is -0.0668. The number of amides is 1. The Kier molecular flexibility index (Phi) is 5.30. The molecule has 4 nitrogen and oxygen atoms in total. The van der Waals surface area contributed by atoms with Crippen LogP contribution < -0.4 is 0 Å². The molecule has 1 aromatic carbocycles. The average Bonchev–Trinajstić information content (AvgIpc) is 2.79. The molecule has 0 spiro atoms. The SMILES string of the molecule is CC[C@@H]1[C@@H](CC)C([Si](C)(C)C)C(=O)N1S(=O)(=O)c1ccc(C)cc1. The molecular weight excluding hydrogens is 338 g/mol. The van der Waals surface area contributed by atoms with Gasteiger partial charge in [0.2, 0.25) is 5.91 Å². The Balaban J connectivity index is 2.55. The van der Waals surface area contributed by atoms with Crippen molar-refractivity contribution in [3.05, 3.63) is 29.8 Å². The van der Waals surface area contributed by atoms with Gasteiger partial charge >= 0.3 is 0 Å². The topological polar surface area (TPSA) is 54.5 Å². The van der Waals surface area contributed by atoms with Gasteiger partial charge in [0.25, 0.3) is 10.0 Å². The van der Waals surface area contributed by atoms with Gasteiger partial charge in [-0.15, -0.1) is 0 Å². The second-order valence-corrected chi connectivity index (χ2v) is 15.0. The lowest BCUT2D eigenvalue weighted by Crippen LogP contribution is -2.41. The summed E-state index contributed by atoms with van der Waals surface area (Å²) >= 11 is 0. The summed E-state index contributed by atoms with van der Waals surface area (Å²) in [4.78, 5) is 13.4. The minimum absolute atomic E-state index is 0.120. The lowest BCUT2D eigenvalue weighted by Gasteiger charge is -2.29. The molecule has 0 N–H and O–H groups in total. The first kappa shape index (κ1) is 19.2. The monoisotopic (exact) mass is 367 g/mol. The molecule has 1 aliphatic heterocycles. The highest BCUT2D eigenvalue weighted by Gasteiger charge is 2.55. The second kappa shape index (κ2) is 6.63. The Hall–Kier alpha value is -1.14. The molecule has 0 aliphatic carbocycles. The van der Waals surface area contributed by atoms with Crippen molar-refractivity contribution in [2.24, 2.45) is 5.92 Å². The van der Waals surface area contributed by atoms with Crippen molar-refractivity contribution in [3.63, 3.8) is 0 Å². The van der Waals surface area contributed by atoms with E-state index in [1.165, 1.54) is 4.31 Å². The van der Waals surface area contributed by atoms with Gasteiger partial charge in [-0.2, -0.15) is 0 Å². The Morgan fingerprint density at radius 3 is 2.00 bits per heavy atom. The summed E-state index contributed by atoms with van der Waals surface area (Å²) in [5.41, 5.74) is 0.868. The van der Waals surface area contributed by atoms with Crippen molar-refractivity contribution in [3.8, 4) is 0 Å². The van der Waals surface area contributed by atoms with Gasteiger partial charge < -0.3 is 0 Å². The van der Waals surface area contributed by atoms with Crippen LogP contribution in [-0.2, 0) is 14.8 Å². The number of carbonyl (C=O) groups excluding carboxylic acids is 1. The van der Waals surface area contributed by atoms with Gasteiger partial charge in [0.15, 0.2) is 0 Å². The molecule has 1 amide bonds. The maximum atomic E-state index is 13.2. The van der Waals surface area contributed by atoms with Crippen LogP contribution >= 0.6 is 0 Å². The first-order valence-electron chi connectivity index (χ1n) is 8.70. The highest BCUT2D eigenvalue weighted by atomic mass is 32.2. The fraction of sp³-hybridized carbons (Fsp3) is 0.611. The number of hydrogen-bond donors (Lipinski definition) is 0. The summed E-state index contributed by atoms with van der Waals surface area (Å²) in [6.07, 6.45) is 1.50. The molecule has 6 heteroatoms. The van der Waals surface area contributed by atoms with E-state index >= 15 is 0 Å². The zero-order chi connectivity index (χ0) is 18.3. The number of benzene rings is 1. The van der Waals surface area contributed by atoms with Crippen molar-refractivity contribution >= 4 is 24.0 Å². The fourth-order valence-corrected chi connectivity index (χ4v) is 8.42. The van der Waals surface area contributed by atoms with E-state index in [1.807, 2.05) is 13.8 Å². The maximum Gasteiger partial charge on any atom is 0.266 e. The second-order valence-electron chi connectivity index (χ2n) is 7.84. The van der Waals surface area contributed by atoms with Crippen molar-refractivity contribution in [1.82, 2.24) is 4.31 Å². The molecule has 1 unspecified atom stereocenters. The molecule has 3 atom stereocenters. The van der Waals surface area contributed by atoms with Crippen LogP contribution in [0.1, 0.15) is 32.3 Å². The zero-order valence-electron chi connectivity index (χ0n) is 15.5. The van der Waals surface area contributed by atoms with Gasteiger partial charge in [0.05, 0.1) is 19.0 Å². The molecule has 1 heterocycles. The molecule has 0 bridgehead atoms. The minimum Gasteiger partial charge on any atom is -0.274 e. The Morgan fingerprint density at radius 1 is 1.04 bits per heavy atom. The Bertz CT molecular complexity index is 707. The number of hydrogen-bond acceptors (Lipinski definition) is 3. The summed E-state index contributed by atoms with van der Waals surface area (Å²) < 4.78 is 27.6. The van der Waals surface area contributed by atoms with Crippen LogP contribution in [0.2, 0.25) is 25.2 Å². The minimum atomic E-state index is -3.80. The lowest BCUT2D eigenvalue weighted by atomic mass is 9.95. The van der Waals surface area contributed by atoms with Crippen LogP contribution in [0.4, 0.5) is 0 Å². The predicted octanol–water partition coefficient (Wildman–Crippen LogP) is 4.04. The van der Waals surface area contributed by atoms with E-state index in [-0.39, 0.29) is 28.3 Å².